The van der Waals surface area contributed by atoms with Gasteiger partial charge >= 0.3 is 0 Å². The number of hydrogen-bond acceptors (Lipinski definition) is 4. The van der Waals surface area contributed by atoms with Crippen LogP contribution in [-0.2, 0) is 4.79 Å². The number of rotatable bonds is 6. The van der Waals surface area contributed by atoms with Crippen LogP contribution in [-0.4, -0.2) is 26.2 Å². The zero-order valence-corrected chi connectivity index (χ0v) is 16.8. The van der Waals surface area contributed by atoms with Gasteiger partial charge in [0.05, 0.1) is 11.3 Å². The molecule has 3 aromatic rings. The second-order valence-corrected chi connectivity index (χ2v) is 7.69. The van der Waals surface area contributed by atoms with Gasteiger partial charge in [-0.2, -0.15) is 0 Å². The van der Waals surface area contributed by atoms with Crippen LogP contribution in [0.3, 0.4) is 0 Å². The van der Waals surface area contributed by atoms with Gasteiger partial charge in [0.2, 0.25) is 5.91 Å². The van der Waals surface area contributed by atoms with E-state index < -0.39 is 0 Å². The van der Waals surface area contributed by atoms with Gasteiger partial charge in [0.15, 0.2) is 5.16 Å². The standard InChI is InChI=1S/C20H24N4O2S/c1-5-14(4)24-19(26)18-16(10-13(3)21-18)23-20(24)27-11-17(25)22-15-8-6-7-12(2)9-15/h6-10,14,21H,5,11H2,1-4H3,(H,22,25). The Morgan fingerprint density at radius 3 is 2.81 bits per heavy atom. The van der Waals surface area contributed by atoms with Gasteiger partial charge in [0.1, 0.15) is 5.52 Å². The normalized spacial score (nSPS) is 12.3. The monoisotopic (exact) mass is 384 g/mol. The Hall–Kier alpha value is -2.54. The number of benzene rings is 1. The molecule has 0 aliphatic heterocycles. The molecule has 1 amide bonds. The van der Waals surface area contributed by atoms with E-state index in [4.69, 9.17) is 0 Å². The van der Waals surface area contributed by atoms with Gasteiger partial charge in [0, 0.05) is 17.4 Å². The number of carbonyl (C=O) groups is 1. The molecule has 6 nitrogen and oxygen atoms in total. The summed E-state index contributed by atoms with van der Waals surface area (Å²) in [5.74, 6) is 0.0621. The second-order valence-electron chi connectivity index (χ2n) is 6.75. The summed E-state index contributed by atoms with van der Waals surface area (Å²) in [7, 11) is 0. The van der Waals surface area contributed by atoms with Crippen molar-refractivity contribution in [2.24, 2.45) is 0 Å². The number of aromatic nitrogens is 3. The molecule has 2 aromatic heterocycles. The zero-order chi connectivity index (χ0) is 19.6. The highest BCUT2D eigenvalue weighted by Gasteiger charge is 2.18. The van der Waals surface area contributed by atoms with Crippen molar-refractivity contribution in [3.05, 3.63) is 51.9 Å². The molecular formula is C20H24N4O2S. The predicted octanol–water partition coefficient (Wildman–Crippen LogP) is 4.04. The van der Waals surface area contributed by atoms with E-state index in [2.05, 4.69) is 15.3 Å². The van der Waals surface area contributed by atoms with Crippen LogP contribution in [0.5, 0.6) is 0 Å². The number of thioether (sulfide) groups is 1. The summed E-state index contributed by atoms with van der Waals surface area (Å²) in [5, 5.41) is 3.46. The molecule has 0 bridgehead atoms. The molecule has 7 heteroatoms. The molecule has 2 heterocycles. The number of H-pyrrole nitrogens is 1. The number of amides is 1. The summed E-state index contributed by atoms with van der Waals surface area (Å²) < 4.78 is 1.68. The van der Waals surface area contributed by atoms with Gasteiger partial charge in [0.25, 0.3) is 5.56 Å². The van der Waals surface area contributed by atoms with Crippen LogP contribution in [0, 0.1) is 13.8 Å². The molecule has 1 aromatic carbocycles. The lowest BCUT2D eigenvalue weighted by Gasteiger charge is -2.17. The Morgan fingerprint density at radius 2 is 2.11 bits per heavy atom. The number of aromatic amines is 1. The molecule has 0 aliphatic carbocycles. The van der Waals surface area contributed by atoms with Gasteiger partial charge in [-0.05, 0) is 51.0 Å². The van der Waals surface area contributed by atoms with E-state index in [1.165, 1.54) is 11.8 Å². The van der Waals surface area contributed by atoms with Crippen molar-refractivity contribution >= 4 is 34.4 Å². The molecule has 2 N–H and O–H groups in total. The molecule has 0 radical (unpaired) electrons. The summed E-state index contributed by atoms with van der Waals surface area (Å²) in [4.78, 5) is 33.0. The maximum Gasteiger partial charge on any atom is 0.278 e. The fourth-order valence-corrected chi connectivity index (χ4v) is 3.81. The summed E-state index contributed by atoms with van der Waals surface area (Å²) in [6, 6.07) is 9.52. The molecule has 1 atom stereocenters. The Balaban J connectivity index is 1.85. The first-order chi connectivity index (χ1) is 12.9. The first kappa shape index (κ1) is 19.2. The lowest BCUT2D eigenvalue weighted by molar-refractivity contribution is -0.113. The Bertz CT molecular complexity index is 1040. The van der Waals surface area contributed by atoms with Crippen molar-refractivity contribution in [1.82, 2.24) is 14.5 Å². The van der Waals surface area contributed by atoms with E-state index in [-0.39, 0.29) is 23.3 Å². The highest BCUT2D eigenvalue weighted by atomic mass is 32.2. The van der Waals surface area contributed by atoms with E-state index in [9.17, 15) is 9.59 Å². The first-order valence-corrected chi connectivity index (χ1v) is 9.98. The van der Waals surface area contributed by atoms with Crippen LogP contribution in [0.2, 0.25) is 0 Å². The van der Waals surface area contributed by atoms with Crippen LogP contribution in [0.25, 0.3) is 11.0 Å². The summed E-state index contributed by atoms with van der Waals surface area (Å²) in [6.07, 6.45) is 0.801. The number of hydrogen-bond donors (Lipinski definition) is 2. The first-order valence-electron chi connectivity index (χ1n) is 9.00. The fourth-order valence-electron chi connectivity index (χ4n) is 2.91. The highest BCUT2D eigenvalue weighted by molar-refractivity contribution is 7.99. The number of fused-ring (bicyclic) bond motifs is 1. The lowest BCUT2D eigenvalue weighted by Crippen LogP contribution is -2.26. The SMILES string of the molecule is CCC(C)n1c(SCC(=O)Nc2cccc(C)c2)nc2cc(C)[nH]c2c1=O. The maximum atomic E-state index is 12.9. The average Bonchev–Trinajstić information content (AvgIpc) is 3.00. The van der Waals surface area contributed by atoms with Gasteiger partial charge in [-0.25, -0.2) is 4.98 Å². The van der Waals surface area contributed by atoms with Crippen LogP contribution in [0.15, 0.2) is 40.3 Å². The smallest absolute Gasteiger partial charge is 0.278 e. The number of anilines is 1. The highest BCUT2D eigenvalue weighted by Crippen LogP contribution is 2.23. The second kappa shape index (κ2) is 8.00. The molecule has 0 spiro atoms. The van der Waals surface area contributed by atoms with Crippen molar-refractivity contribution in [2.75, 3.05) is 11.1 Å². The van der Waals surface area contributed by atoms with Crippen LogP contribution >= 0.6 is 11.8 Å². The molecule has 0 saturated heterocycles. The average molecular weight is 385 g/mol. The molecule has 3 rings (SSSR count). The van der Waals surface area contributed by atoms with Gasteiger partial charge < -0.3 is 10.3 Å². The van der Waals surface area contributed by atoms with Gasteiger partial charge in [-0.3, -0.25) is 14.2 Å². The Labute approximate surface area is 162 Å². The van der Waals surface area contributed by atoms with Gasteiger partial charge in [-0.1, -0.05) is 30.8 Å². The minimum Gasteiger partial charge on any atom is -0.353 e. The number of nitrogens with one attached hydrogen (secondary N) is 2. The van der Waals surface area contributed by atoms with Crippen LogP contribution in [0.1, 0.15) is 37.6 Å². The Kier molecular flexibility index (Phi) is 5.70. The van der Waals surface area contributed by atoms with Crippen molar-refractivity contribution < 1.29 is 4.79 Å². The number of aryl methyl sites for hydroxylation is 2. The molecule has 27 heavy (non-hydrogen) atoms. The van der Waals surface area contributed by atoms with Crippen LogP contribution < -0.4 is 10.9 Å². The fraction of sp³-hybridized carbons (Fsp3) is 0.350. The van der Waals surface area contributed by atoms with Crippen molar-refractivity contribution in [2.45, 2.75) is 45.3 Å². The largest absolute Gasteiger partial charge is 0.353 e. The van der Waals surface area contributed by atoms with E-state index in [1.807, 2.05) is 58.0 Å². The molecular weight excluding hydrogens is 360 g/mol. The zero-order valence-electron chi connectivity index (χ0n) is 16.0. The maximum absolute atomic E-state index is 12.9. The Morgan fingerprint density at radius 1 is 1.33 bits per heavy atom. The van der Waals surface area contributed by atoms with Crippen molar-refractivity contribution in [3.63, 3.8) is 0 Å². The lowest BCUT2D eigenvalue weighted by atomic mass is 10.2. The molecule has 0 aliphatic rings. The van der Waals surface area contributed by atoms with E-state index in [0.717, 1.165) is 23.4 Å². The number of nitrogens with zero attached hydrogens (tertiary/aromatic N) is 2. The van der Waals surface area contributed by atoms with Gasteiger partial charge in [-0.15, -0.1) is 0 Å². The quantitative estimate of drug-likeness (QED) is 0.496. The summed E-state index contributed by atoms with van der Waals surface area (Å²) in [6.45, 7) is 7.89. The molecule has 1 unspecified atom stereocenters. The molecule has 142 valence electrons. The van der Waals surface area contributed by atoms with Crippen LogP contribution in [0.4, 0.5) is 5.69 Å². The van der Waals surface area contributed by atoms with E-state index in [1.54, 1.807) is 4.57 Å². The minimum atomic E-state index is -0.124. The minimum absolute atomic E-state index is 0.000315. The van der Waals surface area contributed by atoms with E-state index >= 15 is 0 Å². The topological polar surface area (TPSA) is 79.8 Å². The third kappa shape index (κ3) is 4.24. The predicted molar refractivity (Wildman–Crippen MR) is 111 cm³/mol. The van der Waals surface area contributed by atoms with Crippen molar-refractivity contribution in [3.8, 4) is 0 Å². The third-order valence-corrected chi connectivity index (χ3v) is 5.40. The number of carbonyl (C=O) groups excluding carboxylic acids is 1. The van der Waals surface area contributed by atoms with Crippen molar-refractivity contribution in [1.29, 1.82) is 0 Å². The molecule has 0 saturated carbocycles. The molecule has 0 fully saturated rings. The summed E-state index contributed by atoms with van der Waals surface area (Å²) in [5.41, 5.74) is 3.80. The van der Waals surface area contributed by atoms with E-state index in [0.29, 0.717) is 16.2 Å². The summed E-state index contributed by atoms with van der Waals surface area (Å²) >= 11 is 1.29. The third-order valence-electron chi connectivity index (χ3n) is 4.45.